The van der Waals surface area contributed by atoms with Crippen molar-refractivity contribution in [1.82, 2.24) is 0 Å². The number of halogens is 6. The van der Waals surface area contributed by atoms with Gasteiger partial charge < -0.3 is 5.73 Å². The first-order chi connectivity index (χ1) is 6.93. The molecule has 0 spiro atoms. The molecule has 7 heteroatoms. The molecule has 0 amide bonds. The first kappa shape index (κ1) is 15.7. The van der Waals surface area contributed by atoms with Crippen LogP contribution in [-0.4, -0.2) is 6.43 Å². The Morgan fingerprint density at radius 1 is 1.25 bits per heavy atom. The van der Waals surface area contributed by atoms with Crippen LogP contribution in [0.4, 0.5) is 17.6 Å². The molecule has 0 aliphatic heterocycles. The van der Waals surface area contributed by atoms with E-state index < -0.39 is 36.1 Å². The molecule has 0 unspecified atom stereocenters. The van der Waals surface area contributed by atoms with Crippen molar-refractivity contribution in [3.63, 3.8) is 0 Å². The van der Waals surface area contributed by atoms with Gasteiger partial charge in [-0.1, -0.05) is 0 Å². The van der Waals surface area contributed by atoms with Crippen molar-refractivity contribution in [3.8, 4) is 0 Å². The lowest BCUT2D eigenvalue weighted by Gasteiger charge is -2.13. The Kier molecular flexibility index (Phi) is 6.28. The van der Waals surface area contributed by atoms with Gasteiger partial charge in [-0.15, -0.1) is 12.4 Å². The van der Waals surface area contributed by atoms with Crippen LogP contribution in [0, 0.1) is 11.6 Å². The summed E-state index contributed by atoms with van der Waals surface area (Å²) in [6.07, 6.45) is -3.47. The summed E-state index contributed by atoms with van der Waals surface area (Å²) in [5, 5.41) is 0. The van der Waals surface area contributed by atoms with Crippen LogP contribution in [0.25, 0.3) is 0 Å². The highest BCUT2D eigenvalue weighted by atomic mass is 79.9. The van der Waals surface area contributed by atoms with E-state index in [-0.39, 0.29) is 16.9 Å². The monoisotopic (exact) mass is 321 g/mol. The van der Waals surface area contributed by atoms with Crippen LogP contribution in [0.3, 0.4) is 0 Å². The molecule has 0 heterocycles. The summed E-state index contributed by atoms with van der Waals surface area (Å²) in [4.78, 5) is 0. The smallest absolute Gasteiger partial charge is 0.240 e. The summed E-state index contributed by atoms with van der Waals surface area (Å²) in [6, 6.07) is 0.791. The minimum absolute atomic E-state index is 0. The van der Waals surface area contributed by atoms with E-state index in [0.29, 0.717) is 0 Å². The van der Waals surface area contributed by atoms with E-state index in [9.17, 15) is 17.6 Å². The fourth-order valence-corrected chi connectivity index (χ4v) is 1.54. The van der Waals surface area contributed by atoms with Gasteiger partial charge >= 0.3 is 0 Å². The largest absolute Gasteiger partial charge is 0.324 e. The molecule has 92 valence electrons. The van der Waals surface area contributed by atoms with Gasteiger partial charge in [0.1, 0.15) is 11.6 Å². The third-order valence-electron chi connectivity index (χ3n) is 1.88. The highest BCUT2D eigenvalue weighted by molar-refractivity contribution is 9.10. The summed E-state index contributed by atoms with van der Waals surface area (Å²) in [7, 11) is 0. The maximum absolute atomic E-state index is 13.4. The average Bonchev–Trinajstić information content (AvgIpc) is 2.11. The lowest BCUT2D eigenvalue weighted by molar-refractivity contribution is 0.127. The molecule has 0 aliphatic rings. The van der Waals surface area contributed by atoms with Gasteiger partial charge in [0.05, 0.1) is 4.47 Å². The van der Waals surface area contributed by atoms with Gasteiger partial charge in [0.25, 0.3) is 0 Å². The third-order valence-corrected chi connectivity index (χ3v) is 2.49. The van der Waals surface area contributed by atoms with Gasteiger partial charge in [-0.2, -0.15) is 0 Å². The maximum Gasteiger partial charge on any atom is 0.240 e. The van der Waals surface area contributed by atoms with Crippen LogP contribution in [0.1, 0.15) is 18.0 Å². The highest BCUT2D eigenvalue weighted by Gasteiger charge is 2.21. The number of benzene rings is 1. The maximum atomic E-state index is 13.4. The molecule has 0 bridgehead atoms. The Bertz CT molecular complexity index is 362. The van der Waals surface area contributed by atoms with E-state index in [1.54, 1.807) is 0 Å². The fraction of sp³-hybridized carbons (Fsp3) is 0.333. The minimum atomic E-state index is -2.70. The van der Waals surface area contributed by atoms with Crippen LogP contribution < -0.4 is 5.73 Å². The average molecular weight is 323 g/mol. The zero-order chi connectivity index (χ0) is 11.6. The molecule has 16 heavy (non-hydrogen) atoms. The van der Waals surface area contributed by atoms with E-state index >= 15 is 0 Å². The lowest BCUT2D eigenvalue weighted by Crippen LogP contribution is -2.17. The van der Waals surface area contributed by atoms with Crippen molar-refractivity contribution in [2.75, 3.05) is 0 Å². The topological polar surface area (TPSA) is 26.0 Å². The second kappa shape index (κ2) is 6.42. The number of alkyl halides is 2. The van der Waals surface area contributed by atoms with Crippen LogP contribution in [0.5, 0.6) is 0 Å². The lowest BCUT2D eigenvalue weighted by atomic mass is 10.0. The fourth-order valence-electron chi connectivity index (χ4n) is 1.19. The molecule has 0 saturated heterocycles. The van der Waals surface area contributed by atoms with Gasteiger partial charge in [0.15, 0.2) is 0 Å². The summed E-state index contributed by atoms with van der Waals surface area (Å²) in [5.74, 6) is -1.84. The van der Waals surface area contributed by atoms with E-state index in [4.69, 9.17) is 5.73 Å². The van der Waals surface area contributed by atoms with Gasteiger partial charge in [0.2, 0.25) is 6.43 Å². The third kappa shape index (κ3) is 3.61. The summed E-state index contributed by atoms with van der Waals surface area (Å²) >= 11 is 2.83. The minimum Gasteiger partial charge on any atom is -0.324 e. The van der Waals surface area contributed by atoms with Gasteiger partial charge in [0, 0.05) is 18.0 Å². The molecular weight excluding hydrogens is 313 g/mol. The Labute approximate surface area is 105 Å². The number of hydrogen-bond acceptors (Lipinski definition) is 1. The quantitative estimate of drug-likeness (QED) is 0.665. The molecular formula is C9H9BrClF4N. The van der Waals surface area contributed by atoms with E-state index in [1.165, 1.54) is 0 Å². The van der Waals surface area contributed by atoms with E-state index in [1.807, 2.05) is 0 Å². The van der Waals surface area contributed by atoms with E-state index in [0.717, 1.165) is 12.1 Å². The second-order valence-electron chi connectivity index (χ2n) is 2.99. The molecule has 0 aliphatic carbocycles. The second-order valence-corrected chi connectivity index (χ2v) is 3.84. The van der Waals surface area contributed by atoms with Crippen molar-refractivity contribution >= 4 is 28.3 Å². The van der Waals surface area contributed by atoms with Gasteiger partial charge in [-0.25, -0.2) is 17.6 Å². The predicted octanol–water partition coefficient (Wildman–Crippen LogP) is 3.80. The zero-order valence-corrected chi connectivity index (χ0v) is 10.3. The normalized spacial score (nSPS) is 12.4. The van der Waals surface area contributed by atoms with Gasteiger partial charge in [-0.3, -0.25) is 0 Å². The van der Waals surface area contributed by atoms with Crippen molar-refractivity contribution < 1.29 is 17.6 Å². The molecule has 2 N–H and O–H groups in total. The molecule has 1 nitrogen and oxygen atoms in total. The van der Waals surface area contributed by atoms with Crippen LogP contribution in [0.15, 0.2) is 16.6 Å². The standard InChI is InChI=1S/C9H8BrF4N.ClH/c10-4-1-2-5(11)8(9(4)14)6(15)3-7(12)13;/h1-2,6-7H,3,15H2;1H/t6-;/m0./s1. The molecule has 1 aromatic carbocycles. The van der Waals surface area contributed by atoms with Gasteiger partial charge in [-0.05, 0) is 28.1 Å². The van der Waals surface area contributed by atoms with Crippen LogP contribution in [0.2, 0.25) is 0 Å². The number of nitrogens with two attached hydrogens (primary N) is 1. The van der Waals surface area contributed by atoms with Crippen molar-refractivity contribution in [3.05, 3.63) is 33.8 Å². The molecule has 0 fully saturated rings. The van der Waals surface area contributed by atoms with Crippen molar-refractivity contribution in [1.29, 1.82) is 0 Å². The molecule has 0 aromatic heterocycles. The first-order valence-electron chi connectivity index (χ1n) is 4.10. The molecule has 1 atom stereocenters. The Balaban J connectivity index is 0.00000225. The predicted molar refractivity (Wildman–Crippen MR) is 58.9 cm³/mol. The summed E-state index contributed by atoms with van der Waals surface area (Å²) < 4.78 is 50.5. The summed E-state index contributed by atoms with van der Waals surface area (Å²) in [5.41, 5.74) is 4.78. The molecule has 0 saturated carbocycles. The molecule has 1 rings (SSSR count). The molecule has 0 radical (unpaired) electrons. The Morgan fingerprint density at radius 3 is 2.31 bits per heavy atom. The summed E-state index contributed by atoms with van der Waals surface area (Å²) in [6.45, 7) is 0. The SMILES string of the molecule is Cl.N[C@@H](CC(F)F)c1c(F)ccc(Br)c1F. The first-order valence-corrected chi connectivity index (χ1v) is 4.90. The number of rotatable bonds is 3. The zero-order valence-electron chi connectivity index (χ0n) is 7.89. The van der Waals surface area contributed by atoms with Crippen LogP contribution in [-0.2, 0) is 0 Å². The Hall–Kier alpha value is -0.330. The van der Waals surface area contributed by atoms with E-state index in [2.05, 4.69) is 15.9 Å². The van der Waals surface area contributed by atoms with Crippen molar-refractivity contribution in [2.24, 2.45) is 5.73 Å². The molecule has 1 aromatic rings. The van der Waals surface area contributed by atoms with Crippen LogP contribution >= 0.6 is 28.3 Å². The van der Waals surface area contributed by atoms with Crippen molar-refractivity contribution in [2.45, 2.75) is 18.9 Å². The number of hydrogen-bond donors (Lipinski definition) is 1. The Morgan fingerprint density at radius 2 is 1.81 bits per heavy atom. The highest BCUT2D eigenvalue weighted by Crippen LogP contribution is 2.28.